The van der Waals surface area contributed by atoms with Crippen LogP contribution in [0.5, 0.6) is 0 Å². The second-order valence-electron chi connectivity index (χ2n) is 8.23. The number of hydrogen-bond donors (Lipinski definition) is 1. The Bertz CT molecular complexity index is 737. The Kier molecular flexibility index (Phi) is 10.3. The molecule has 0 spiro atoms. The first kappa shape index (κ1) is 23.0. The van der Waals surface area contributed by atoms with Gasteiger partial charge in [-0.3, -0.25) is 0 Å². The first-order valence-corrected chi connectivity index (χ1v) is 11.3. The van der Waals surface area contributed by atoms with Gasteiger partial charge >= 0.3 is 0 Å². The van der Waals surface area contributed by atoms with Crippen molar-refractivity contribution in [3.63, 3.8) is 0 Å². The summed E-state index contributed by atoms with van der Waals surface area (Å²) in [6.45, 7) is 13.8. The van der Waals surface area contributed by atoms with Crippen LogP contribution in [0.3, 0.4) is 0 Å². The van der Waals surface area contributed by atoms with Crippen molar-refractivity contribution in [1.29, 1.82) is 0 Å². The topological polar surface area (TPSA) is 12.0 Å². The van der Waals surface area contributed by atoms with E-state index in [0.717, 1.165) is 44.3 Å². The molecule has 0 aliphatic carbocycles. The summed E-state index contributed by atoms with van der Waals surface area (Å²) in [4.78, 5) is 0. The van der Waals surface area contributed by atoms with E-state index < -0.39 is 0 Å². The molecule has 0 aliphatic rings. The van der Waals surface area contributed by atoms with Crippen molar-refractivity contribution in [1.82, 2.24) is 5.32 Å². The van der Waals surface area contributed by atoms with Crippen molar-refractivity contribution in [2.45, 2.75) is 71.6 Å². The molecule has 0 amide bonds. The Hall–Kier alpha value is -2.28. The van der Waals surface area contributed by atoms with E-state index in [4.69, 9.17) is 0 Å². The number of benzene rings is 2. The smallest absolute Gasteiger partial charge is 0.0184 e. The Balaban J connectivity index is 1.56. The van der Waals surface area contributed by atoms with Gasteiger partial charge in [-0.1, -0.05) is 87.0 Å². The van der Waals surface area contributed by atoms with Gasteiger partial charge in [0.1, 0.15) is 0 Å². The van der Waals surface area contributed by atoms with Crippen molar-refractivity contribution >= 4 is 5.57 Å². The van der Waals surface area contributed by atoms with E-state index in [0.29, 0.717) is 0 Å². The van der Waals surface area contributed by atoms with E-state index in [1.165, 1.54) is 53.5 Å². The predicted octanol–water partition coefficient (Wildman–Crippen LogP) is 7.65. The Morgan fingerprint density at radius 1 is 0.759 bits per heavy atom. The predicted molar refractivity (Wildman–Crippen MR) is 129 cm³/mol. The molecule has 0 unspecified atom stereocenters. The third kappa shape index (κ3) is 9.17. The zero-order valence-electron chi connectivity index (χ0n) is 18.6. The second kappa shape index (κ2) is 13.0. The minimum atomic E-state index is 0.962. The summed E-state index contributed by atoms with van der Waals surface area (Å²) in [5.41, 5.74) is 7.82. The zero-order chi connectivity index (χ0) is 20.9. The van der Waals surface area contributed by atoms with Crippen LogP contribution in [0.25, 0.3) is 5.57 Å². The van der Waals surface area contributed by atoms with Crippen LogP contribution in [0, 0.1) is 6.92 Å². The minimum Gasteiger partial charge on any atom is -0.388 e. The molecule has 1 N–H and O–H groups in total. The van der Waals surface area contributed by atoms with Crippen LogP contribution in [0.1, 0.15) is 74.1 Å². The molecule has 156 valence electrons. The quantitative estimate of drug-likeness (QED) is 0.327. The van der Waals surface area contributed by atoms with Gasteiger partial charge in [-0.2, -0.15) is 0 Å². The van der Waals surface area contributed by atoms with E-state index >= 15 is 0 Å². The minimum absolute atomic E-state index is 0.962. The average Bonchev–Trinajstić information content (AvgIpc) is 2.73. The van der Waals surface area contributed by atoms with Gasteiger partial charge in [0.05, 0.1) is 0 Å². The molecule has 1 heteroatoms. The third-order valence-corrected chi connectivity index (χ3v) is 5.55. The Morgan fingerprint density at radius 3 is 2.03 bits per heavy atom. The number of rotatable bonds is 14. The molecular weight excluding hydrogens is 350 g/mol. The lowest BCUT2D eigenvalue weighted by Crippen LogP contribution is -2.16. The Morgan fingerprint density at radius 2 is 1.38 bits per heavy atom. The van der Waals surface area contributed by atoms with E-state index in [2.05, 4.69) is 80.9 Å². The molecule has 0 aromatic heterocycles. The lowest BCUT2D eigenvalue weighted by Gasteiger charge is -2.11. The molecule has 29 heavy (non-hydrogen) atoms. The van der Waals surface area contributed by atoms with Crippen molar-refractivity contribution < 1.29 is 0 Å². The van der Waals surface area contributed by atoms with Crippen molar-refractivity contribution in [2.24, 2.45) is 0 Å². The summed E-state index contributed by atoms with van der Waals surface area (Å²) < 4.78 is 0. The van der Waals surface area contributed by atoms with Crippen LogP contribution in [-0.4, -0.2) is 6.54 Å². The first-order chi connectivity index (χ1) is 14.1. The number of nitrogens with one attached hydrogen (secondary N) is 1. The van der Waals surface area contributed by atoms with E-state index in [1.807, 2.05) is 0 Å². The monoisotopic (exact) mass is 389 g/mol. The Labute approximate surface area is 178 Å². The second-order valence-corrected chi connectivity index (χ2v) is 8.23. The molecule has 0 saturated carbocycles. The summed E-state index contributed by atoms with van der Waals surface area (Å²) in [5.74, 6) is 0. The lowest BCUT2D eigenvalue weighted by atomic mass is 10.00. The van der Waals surface area contributed by atoms with Crippen LogP contribution in [0.15, 0.2) is 67.4 Å². The van der Waals surface area contributed by atoms with Gasteiger partial charge in [0.2, 0.25) is 0 Å². The zero-order valence-corrected chi connectivity index (χ0v) is 18.6. The van der Waals surface area contributed by atoms with E-state index in [1.54, 1.807) is 0 Å². The first-order valence-electron chi connectivity index (χ1n) is 11.3. The normalized spacial score (nSPS) is 10.7. The number of hydrogen-bond acceptors (Lipinski definition) is 1. The summed E-state index contributed by atoms with van der Waals surface area (Å²) in [6, 6.07) is 17.8. The molecule has 0 saturated heterocycles. The highest BCUT2D eigenvalue weighted by molar-refractivity contribution is 5.63. The van der Waals surface area contributed by atoms with Crippen LogP contribution in [0.2, 0.25) is 0 Å². The maximum absolute atomic E-state index is 4.24. The standard InChI is InChI=1S/C28H39N/c1-5-6-7-12-26-15-17-27(18-16-26)21-22-29-25(4)11-9-8-10-24(3)28-19-13-23(2)14-20-28/h13-20,29H,3-12,21-22H2,1-2H3. The number of aryl methyl sites for hydroxylation is 2. The highest BCUT2D eigenvalue weighted by Gasteiger charge is 2.01. The molecule has 0 heterocycles. The van der Waals surface area contributed by atoms with Crippen molar-refractivity contribution in [2.75, 3.05) is 6.54 Å². The highest BCUT2D eigenvalue weighted by atomic mass is 14.9. The summed E-state index contributed by atoms with van der Waals surface area (Å²) in [5, 5.41) is 3.50. The van der Waals surface area contributed by atoms with Gasteiger partial charge in [-0.15, -0.1) is 0 Å². The van der Waals surface area contributed by atoms with Crippen molar-refractivity contribution in [3.05, 3.63) is 89.6 Å². The van der Waals surface area contributed by atoms with Gasteiger partial charge in [0.25, 0.3) is 0 Å². The maximum atomic E-state index is 4.24. The molecule has 0 radical (unpaired) electrons. The molecular formula is C28H39N. The fourth-order valence-corrected chi connectivity index (χ4v) is 3.53. The van der Waals surface area contributed by atoms with Gasteiger partial charge < -0.3 is 5.32 Å². The lowest BCUT2D eigenvalue weighted by molar-refractivity contribution is 0.684. The van der Waals surface area contributed by atoms with Crippen molar-refractivity contribution in [3.8, 4) is 0 Å². The largest absolute Gasteiger partial charge is 0.388 e. The molecule has 0 fully saturated rings. The fraction of sp³-hybridized carbons (Fsp3) is 0.429. The highest BCUT2D eigenvalue weighted by Crippen LogP contribution is 2.20. The van der Waals surface area contributed by atoms with Gasteiger partial charge in [-0.05, 0) is 74.1 Å². The van der Waals surface area contributed by atoms with Crippen LogP contribution < -0.4 is 5.32 Å². The molecule has 0 aliphatic heterocycles. The van der Waals surface area contributed by atoms with E-state index in [-0.39, 0.29) is 0 Å². The molecule has 0 atom stereocenters. The summed E-state index contributed by atoms with van der Waals surface area (Å²) in [7, 11) is 0. The summed E-state index contributed by atoms with van der Waals surface area (Å²) >= 11 is 0. The third-order valence-electron chi connectivity index (χ3n) is 5.55. The van der Waals surface area contributed by atoms with Crippen LogP contribution >= 0.6 is 0 Å². The van der Waals surface area contributed by atoms with Crippen LogP contribution in [0.4, 0.5) is 0 Å². The number of allylic oxidation sites excluding steroid dienone is 2. The average molecular weight is 390 g/mol. The maximum Gasteiger partial charge on any atom is 0.0184 e. The fourth-order valence-electron chi connectivity index (χ4n) is 3.53. The molecule has 0 bridgehead atoms. The molecule has 2 rings (SSSR count). The van der Waals surface area contributed by atoms with Gasteiger partial charge in [-0.25, -0.2) is 0 Å². The molecule has 2 aromatic rings. The number of unbranched alkanes of at least 4 members (excludes halogenated alkanes) is 3. The van der Waals surface area contributed by atoms with E-state index in [9.17, 15) is 0 Å². The summed E-state index contributed by atoms with van der Waals surface area (Å²) in [6.07, 6.45) is 10.6. The van der Waals surface area contributed by atoms with Gasteiger partial charge in [0.15, 0.2) is 0 Å². The van der Waals surface area contributed by atoms with Crippen LogP contribution in [-0.2, 0) is 12.8 Å². The van der Waals surface area contributed by atoms with Gasteiger partial charge in [0, 0.05) is 12.2 Å². The molecule has 1 nitrogen and oxygen atoms in total. The SMILES string of the molecule is C=C(CCCCC(=C)c1ccc(C)cc1)NCCc1ccc(CCCCC)cc1. The molecule has 2 aromatic carbocycles.